The number of anilines is 1. The number of aryl methyl sites for hydroxylation is 1. The lowest BCUT2D eigenvalue weighted by Crippen LogP contribution is -2.35. The zero-order valence-electron chi connectivity index (χ0n) is 22.7. The molecular formula is C33H35NO4. The molecule has 38 heavy (non-hydrogen) atoms. The van der Waals surface area contributed by atoms with E-state index in [4.69, 9.17) is 5.11 Å². The van der Waals surface area contributed by atoms with E-state index in [-0.39, 0.29) is 28.7 Å². The minimum absolute atomic E-state index is 0.00202. The maximum absolute atomic E-state index is 13.0. The second kappa shape index (κ2) is 10.5. The number of benzene rings is 3. The standard InChI is InChI=1S/C33H35NO4/c1-21-6-11-23(12-7-21)29(36)20-34-27-19-25(18-26-30(27)33(4,5)17-16-32(26,2)3)28(35)15-10-22-8-13-24(14-9-22)31(37)38/h6-9,11-14,18-19,28,34-35H,16-17,20H2,1-5H3,(H,37,38). The molecule has 4 rings (SSSR count). The van der Waals surface area contributed by atoms with E-state index in [2.05, 4.69) is 50.9 Å². The van der Waals surface area contributed by atoms with Crippen molar-refractivity contribution in [3.8, 4) is 11.8 Å². The van der Waals surface area contributed by atoms with Crippen LogP contribution in [-0.4, -0.2) is 28.5 Å². The van der Waals surface area contributed by atoms with E-state index in [1.807, 2.05) is 37.3 Å². The van der Waals surface area contributed by atoms with Gasteiger partial charge in [0.2, 0.25) is 0 Å². The number of carboxylic acid groups (broad SMARTS) is 1. The number of rotatable bonds is 6. The second-order valence-electron chi connectivity index (χ2n) is 11.5. The molecule has 0 spiro atoms. The fourth-order valence-corrected chi connectivity index (χ4v) is 5.06. The summed E-state index contributed by atoms with van der Waals surface area (Å²) in [6, 6.07) is 17.8. The quantitative estimate of drug-likeness (QED) is 0.264. The first-order valence-corrected chi connectivity index (χ1v) is 12.9. The molecule has 5 heteroatoms. The Morgan fingerprint density at radius 3 is 2.16 bits per heavy atom. The number of carbonyl (C=O) groups excluding carboxylic acids is 1. The predicted octanol–water partition coefficient (Wildman–Crippen LogP) is 6.42. The van der Waals surface area contributed by atoms with Crippen molar-refractivity contribution < 1.29 is 19.8 Å². The highest BCUT2D eigenvalue weighted by molar-refractivity contribution is 5.99. The Morgan fingerprint density at radius 1 is 0.921 bits per heavy atom. The maximum atomic E-state index is 13.0. The third-order valence-electron chi connectivity index (χ3n) is 7.56. The lowest BCUT2D eigenvalue weighted by molar-refractivity contribution is 0.0696. The number of carbonyl (C=O) groups is 2. The Morgan fingerprint density at radius 2 is 1.53 bits per heavy atom. The van der Waals surface area contributed by atoms with Crippen LogP contribution in [0.25, 0.3) is 0 Å². The molecule has 0 heterocycles. The average molecular weight is 510 g/mol. The highest BCUT2D eigenvalue weighted by Gasteiger charge is 2.39. The van der Waals surface area contributed by atoms with E-state index in [1.54, 1.807) is 12.1 Å². The molecule has 1 aliphatic carbocycles. The van der Waals surface area contributed by atoms with Gasteiger partial charge in [-0.2, -0.15) is 0 Å². The van der Waals surface area contributed by atoms with Crippen molar-refractivity contribution in [3.63, 3.8) is 0 Å². The highest BCUT2D eigenvalue weighted by Crippen LogP contribution is 2.49. The number of nitrogens with one attached hydrogen (secondary N) is 1. The Balaban J connectivity index is 1.69. The summed E-state index contributed by atoms with van der Waals surface area (Å²) in [5.41, 5.74) is 6.22. The van der Waals surface area contributed by atoms with E-state index in [0.717, 1.165) is 29.7 Å². The number of hydrogen-bond acceptors (Lipinski definition) is 4. The van der Waals surface area contributed by atoms with E-state index >= 15 is 0 Å². The third kappa shape index (κ3) is 5.82. The summed E-state index contributed by atoms with van der Waals surface area (Å²) in [4.78, 5) is 24.1. The summed E-state index contributed by atoms with van der Waals surface area (Å²) in [7, 11) is 0. The van der Waals surface area contributed by atoms with Gasteiger partial charge >= 0.3 is 5.97 Å². The lowest BCUT2D eigenvalue weighted by atomic mass is 9.62. The van der Waals surface area contributed by atoms with Crippen LogP contribution in [0.15, 0.2) is 60.7 Å². The van der Waals surface area contributed by atoms with Crippen LogP contribution in [0.2, 0.25) is 0 Å². The largest absolute Gasteiger partial charge is 0.478 e. The van der Waals surface area contributed by atoms with Crippen LogP contribution < -0.4 is 5.32 Å². The van der Waals surface area contributed by atoms with Crippen LogP contribution in [-0.2, 0) is 10.8 Å². The number of aliphatic hydroxyl groups is 1. The van der Waals surface area contributed by atoms with Crippen LogP contribution in [0, 0.1) is 18.8 Å². The van der Waals surface area contributed by atoms with Crippen molar-refractivity contribution in [2.24, 2.45) is 0 Å². The van der Waals surface area contributed by atoms with Crippen LogP contribution in [0.4, 0.5) is 5.69 Å². The first-order chi connectivity index (χ1) is 17.9. The summed E-state index contributed by atoms with van der Waals surface area (Å²) < 4.78 is 0. The molecule has 196 valence electrons. The molecule has 1 atom stereocenters. The Labute approximate surface area is 224 Å². The fraction of sp³-hybridized carbons (Fsp3) is 0.333. The van der Waals surface area contributed by atoms with Gasteiger partial charge in [0.15, 0.2) is 5.78 Å². The molecule has 1 aliphatic rings. The number of hydrogen-bond donors (Lipinski definition) is 3. The highest BCUT2D eigenvalue weighted by atomic mass is 16.4. The van der Waals surface area contributed by atoms with Gasteiger partial charge in [-0.15, -0.1) is 0 Å². The first kappa shape index (κ1) is 27.2. The molecule has 0 saturated heterocycles. The molecular weight excluding hydrogens is 474 g/mol. The van der Waals surface area contributed by atoms with Crippen molar-refractivity contribution in [3.05, 3.63) is 99.6 Å². The summed E-state index contributed by atoms with van der Waals surface area (Å²) in [5.74, 6) is 4.87. The Hall–Kier alpha value is -3.88. The summed E-state index contributed by atoms with van der Waals surface area (Å²) in [6.45, 7) is 11.0. The molecule has 1 unspecified atom stereocenters. The van der Waals surface area contributed by atoms with Gasteiger partial charge in [-0.1, -0.05) is 75.4 Å². The van der Waals surface area contributed by atoms with E-state index in [9.17, 15) is 14.7 Å². The van der Waals surface area contributed by atoms with Gasteiger partial charge < -0.3 is 15.5 Å². The molecule has 5 nitrogen and oxygen atoms in total. The topological polar surface area (TPSA) is 86.6 Å². The zero-order chi connectivity index (χ0) is 27.7. The van der Waals surface area contributed by atoms with Crippen molar-refractivity contribution in [2.75, 3.05) is 11.9 Å². The molecule has 0 aliphatic heterocycles. The molecule has 0 fully saturated rings. The molecule has 0 amide bonds. The van der Waals surface area contributed by atoms with Crippen molar-refractivity contribution in [2.45, 2.75) is 64.4 Å². The van der Waals surface area contributed by atoms with Gasteiger partial charge in [-0.3, -0.25) is 4.79 Å². The minimum atomic E-state index is -1.05. The van der Waals surface area contributed by atoms with Crippen LogP contribution >= 0.6 is 0 Å². The Kier molecular flexibility index (Phi) is 7.49. The molecule has 3 N–H and O–H groups in total. The summed E-state index contributed by atoms with van der Waals surface area (Å²) >= 11 is 0. The average Bonchev–Trinajstić information content (AvgIpc) is 2.88. The van der Waals surface area contributed by atoms with Crippen molar-refractivity contribution in [1.82, 2.24) is 0 Å². The molecule has 0 saturated carbocycles. The smallest absolute Gasteiger partial charge is 0.335 e. The normalized spacial score (nSPS) is 15.9. The van der Waals surface area contributed by atoms with E-state index in [0.29, 0.717) is 16.7 Å². The minimum Gasteiger partial charge on any atom is -0.478 e. The first-order valence-electron chi connectivity index (χ1n) is 12.9. The molecule has 3 aromatic carbocycles. The number of aliphatic hydroxyl groups excluding tert-OH is 1. The van der Waals surface area contributed by atoms with Gasteiger partial charge in [0, 0.05) is 16.8 Å². The molecule has 0 bridgehead atoms. The van der Waals surface area contributed by atoms with Gasteiger partial charge in [-0.05, 0) is 77.6 Å². The molecule has 0 aromatic heterocycles. The van der Waals surface area contributed by atoms with Crippen LogP contribution in [0.5, 0.6) is 0 Å². The zero-order valence-corrected chi connectivity index (χ0v) is 22.7. The van der Waals surface area contributed by atoms with Crippen molar-refractivity contribution in [1.29, 1.82) is 0 Å². The van der Waals surface area contributed by atoms with E-state index < -0.39 is 12.1 Å². The number of aromatic carboxylic acids is 1. The number of fused-ring (bicyclic) bond motifs is 1. The van der Waals surface area contributed by atoms with Crippen LogP contribution in [0.3, 0.4) is 0 Å². The molecule has 0 radical (unpaired) electrons. The lowest BCUT2D eigenvalue weighted by Gasteiger charge is -2.43. The van der Waals surface area contributed by atoms with Gasteiger partial charge in [0.25, 0.3) is 0 Å². The van der Waals surface area contributed by atoms with Gasteiger partial charge in [0.1, 0.15) is 6.10 Å². The number of ketones is 1. The van der Waals surface area contributed by atoms with Crippen LogP contribution in [0.1, 0.15) is 95.2 Å². The third-order valence-corrected chi connectivity index (χ3v) is 7.56. The molecule has 3 aromatic rings. The SMILES string of the molecule is Cc1ccc(C(=O)CNc2cc(C(O)C#Cc3ccc(C(=O)O)cc3)cc3c2C(C)(C)CCC3(C)C)cc1. The number of carboxylic acids is 1. The van der Waals surface area contributed by atoms with E-state index in [1.165, 1.54) is 17.7 Å². The summed E-state index contributed by atoms with van der Waals surface area (Å²) in [6.07, 6.45) is 0.978. The fourth-order valence-electron chi connectivity index (χ4n) is 5.06. The maximum Gasteiger partial charge on any atom is 0.335 e. The van der Waals surface area contributed by atoms with Crippen molar-refractivity contribution >= 4 is 17.4 Å². The number of Topliss-reactive ketones (excluding diaryl/α,β-unsaturated/α-hetero) is 1. The summed E-state index contributed by atoms with van der Waals surface area (Å²) in [5, 5.41) is 23.6. The van der Waals surface area contributed by atoms with Gasteiger partial charge in [-0.25, -0.2) is 4.79 Å². The predicted molar refractivity (Wildman–Crippen MR) is 151 cm³/mol. The Bertz CT molecular complexity index is 1420. The van der Waals surface area contributed by atoms with Gasteiger partial charge in [0.05, 0.1) is 12.1 Å². The second-order valence-corrected chi connectivity index (χ2v) is 11.5. The monoisotopic (exact) mass is 509 g/mol.